The first-order valence-corrected chi connectivity index (χ1v) is 9.01. The molecule has 0 radical (unpaired) electrons. The van der Waals surface area contributed by atoms with Crippen molar-refractivity contribution in [3.05, 3.63) is 72.8 Å². The third-order valence-electron chi connectivity index (χ3n) is 4.50. The minimum Gasteiger partial charge on any atom is -0.421 e. The standard InChI is InChI=1S/C21H17FN4O3/c22-17-8-4-5-9-18(17)29-21-23-11-15(12-24-21)25-20(28)14-10-19(27)26(13-14)16-6-2-1-3-7-16/h1-9,11-12,14H,10,13H2,(H,25,28). The number of aromatic nitrogens is 2. The number of hydrogen-bond donors (Lipinski definition) is 1. The molecule has 0 bridgehead atoms. The molecule has 0 spiro atoms. The molecule has 1 aromatic heterocycles. The average molecular weight is 392 g/mol. The Morgan fingerprint density at radius 2 is 1.76 bits per heavy atom. The van der Waals surface area contributed by atoms with Crippen molar-refractivity contribution in [1.29, 1.82) is 0 Å². The first-order chi connectivity index (χ1) is 14.1. The van der Waals surface area contributed by atoms with Gasteiger partial charge in [0.15, 0.2) is 11.6 Å². The van der Waals surface area contributed by atoms with Crippen LogP contribution in [-0.4, -0.2) is 28.3 Å². The van der Waals surface area contributed by atoms with E-state index in [-0.39, 0.29) is 30.0 Å². The summed E-state index contributed by atoms with van der Waals surface area (Å²) >= 11 is 0. The van der Waals surface area contributed by atoms with Gasteiger partial charge in [-0.1, -0.05) is 30.3 Å². The van der Waals surface area contributed by atoms with Gasteiger partial charge in [0.1, 0.15) is 0 Å². The first kappa shape index (κ1) is 18.5. The molecule has 2 aromatic carbocycles. The van der Waals surface area contributed by atoms with E-state index in [4.69, 9.17) is 4.74 Å². The minimum absolute atomic E-state index is 0.00903. The smallest absolute Gasteiger partial charge is 0.322 e. The van der Waals surface area contributed by atoms with E-state index in [2.05, 4.69) is 15.3 Å². The summed E-state index contributed by atoms with van der Waals surface area (Å²) in [6.45, 7) is 0.310. The number of carbonyl (C=O) groups is 2. The second-order valence-corrected chi connectivity index (χ2v) is 6.52. The maximum Gasteiger partial charge on any atom is 0.322 e. The van der Waals surface area contributed by atoms with Crippen LogP contribution in [0.1, 0.15) is 6.42 Å². The van der Waals surface area contributed by atoms with Gasteiger partial charge in [-0.2, -0.15) is 0 Å². The molecule has 7 nitrogen and oxygen atoms in total. The highest BCUT2D eigenvalue weighted by atomic mass is 19.1. The Balaban J connectivity index is 1.37. The molecular formula is C21H17FN4O3. The number of carbonyl (C=O) groups excluding carboxylic acids is 2. The number of benzene rings is 2. The molecular weight excluding hydrogens is 375 g/mol. The fraction of sp³-hybridized carbons (Fsp3) is 0.143. The van der Waals surface area contributed by atoms with E-state index in [0.29, 0.717) is 12.2 Å². The number of ether oxygens (including phenoxy) is 1. The number of rotatable bonds is 5. The Morgan fingerprint density at radius 1 is 1.07 bits per heavy atom. The van der Waals surface area contributed by atoms with Gasteiger partial charge in [0.25, 0.3) is 0 Å². The number of para-hydroxylation sites is 2. The van der Waals surface area contributed by atoms with Crippen LogP contribution in [0.2, 0.25) is 0 Å². The molecule has 1 fully saturated rings. The van der Waals surface area contributed by atoms with E-state index >= 15 is 0 Å². The zero-order valence-corrected chi connectivity index (χ0v) is 15.3. The van der Waals surface area contributed by atoms with Crippen LogP contribution < -0.4 is 15.0 Å². The Bertz CT molecular complexity index is 1030. The van der Waals surface area contributed by atoms with Crippen LogP contribution in [0.25, 0.3) is 0 Å². The predicted molar refractivity (Wildman–Crippen MR) is 104 cm³/mol. The molecule has 4 rings (SSSR count). The lowest BCUT2D eigenvalue weighted by Gasteiger charge is -2.16. The van der Waals surface area contributed by atoms with E-state index < -0.39 is 11.7 Å². The average Bonchev–Trinajstić information content (AvgIpc) is 3.14. The minimum atomic E-state index is -0.526. The number of hydrogen-bond acceptors (Lipinski definition) is 5. The van der Waals surface area contributed by atoms with Crippen molar-refractivity contribution in [3.8, 4) is 11.8 Å². The van der Waals surface area contributed by atoms with Gasteiger partial charge in [0.05, 0.1) is 24.0 Å². The van der Waals surface area contributed by atoms with Crippen LogP contribution in [0.5, 0.6) is 11.8 Å². The molecule has 1 aliphatic rings. The lowest BCUT2D eigenvalue weighted by molar-refractivity contribution is -0.122. The molecule has 1 aliphatic heterocycles. The molecule has 1 saturated heterocycles. The van der Waals surface area contributed by atoms with Gasteiger partial charge in [0.2, 0.25) is 11.8 Å². The van der Waals surface area contributed by atoms with Gasteiger partial charge in [-0.3, -0.25) is 9.59 Å². The van der Waals surface area contributed by atoms with Crippen molar-refractivity contribution in [1.82, 2.24) is 9.97 Å². The van der Waals surface area contributed by atoms with Crippen molar-refractivity contribution in [3.63, 3.8) is 0 Å². The van der Waals surface area contributed by atoms with E-state index in [1.807, 2.05) is 30.3 Å². The summed E-state index contributed by atoms with van der Waals surface area (Å²) in [6.07, 6.45) is 2.87. The molecule has 1 unspecified atom stereocenters. The summed E-state index contributed by atoms with van der Waals surface area (Å²) in [5.41, 5.74) is 1.13. The Labute approximate surface area is 166 Å². The highest BCUT2D eigenvalue weighted by molar-refractivity contribution is 6.03. The quantitative estimate of drug-likeness (QED) is 0.719. The summed E-state index contributed by atoms with van der Waals surface area (Å²) in [4.78, 5) is 34.4. The number of nitrogens with zero attached hydrogens (tertiary/aromatic N) is 3. The van der Waals surface area contributed by atoms with Crippen LogP contribution in [0.15, 0.2) is 67.0 Å². The molecule has 2 heterocycles. The van der Waals surface area contributed by atoms with Crippen LogP contribution in [0, 0.1) is 11.7 Å². The SMILES string of the molecule is O=C(Nc1cnc(Oc2ccccc2F)nc1)C1CC(=O)N(c2ccccc2)C1. The van der Waals surface area contributed by atoms with E-state index in [1.54, 1.807) is 17.0 Å². The van der Waals surface area contributed by atoms with Gasteiger partial charge >= 0.3 is 6.01 Å². The van der Waals surface area contributed by atoms with Crippen molar-refractivity contribution < 1.29 is 18.7 Å². The monoisotopic (exact) mass is 392 g/mol. The highest BCUT2D eigenvalue weighted by Gasteiger charge is 2.35. The Kier molecular flexibility index (Phi) is 5.15. The summed E-state index contributed by atoms with van der Waals surface area (Å²) in [7, 11) is 0. The fourth-order valence-electron chi connectivity index (χ4n) is 3.04. The van der Waals surface area contributed by atoms with Crippen LogP contribution in [-0.2, 0) is 9.59 Å². The van der Waals surface area contributed by atoms with Crippen molar-refractivity contribution in [2.24, 2.45) is 5.92 Å². The normalized spacial score (nSPS) is 16.0. The van der Waals surface area contributed by atoms with Gasteiger partial charge in [-0.15, -0.1) is 0 Å². The largest absolute Gasteiger partial charge is 0.421 e. The third-order valence-corrected chi connectivity index (χ3v) is 4.50. The molecule has 0 aliphatic carbocycles. The summed E-state index contributed by atoms with van der Waals surface area (Å²) in [5.74, 6) is -1.38. The summed E-state index contributed by atoms with van der Waals surface area (Å²) < 4.78 is 18.9. The molecule has 1 atom stereocenters. The number of anilines is 2. The van der Waals surface area contributed by atoms with Gasteiger partial charge in [0, 0.05) is 18.7 Å². The van der Waals surface area contributed by atoms with Gasteiger partial charge in [-0.25, -0.2) is 14.4 Å². The van der Waals surface area contributed by atoms with E-state index in [0.717, 1.165) is 5.69 Å². The predicted octanol–water partition coefficient (Wildman–Crippen LogP) is 3.40. The Morgan fingerprint density at radius 3 is 2.48 bits per heavy atom. The van der Waals surface area contributed by atoms with Gasteiger partial charge in [-0.05, 0) is 24.3 Å². The topological polar surface area (TPSA) is 84.4 Å². The van der Waals surface area contributed by atoms with Gasteiger partial charge < -0.3 is 15.0 Å². The first-order valence-electron chi connectivity index (χ1n) is 9.01. The fourth-order valence-corrected chi connectivity index (χ4v) is 3.04. The maximum absolute atomic E-state index is 13.6. The number of nitrogens with one attached hydrogen (secondary N) is 1. The third kappa shape index (κ3) is 4.21. The molecule has 2 amide bonds. The molecule has 146 valence electrons. The second kappa shape index (κ2) is 8.05. The molecule has 3 aromatic rings. The zero-order valence-electron chi connectivity index (χ0n) is 15.3. The molecule has 8 heteroatoms. The number of halogens is 1. The van der Waals surface area contributed by atoms with E-state index in [9.17, 15) is 14.0 Å². The maximum atomic E-state index is 13.6. The zero-order chi connectivity index (χ0) is 20.2. The summed E-state index contributed by atoms with van der Waals surface area (Å²) in [5, 5.41) is 2.71. The number of amides is 2. The van der Waals surface area contributed by atoms with Crippen molar-refractivity contribution >= 4 is 23.2 Å². The van der Waals surface area contributed by atoms with Crippen molar-refractivity contribution in [2.45, 2.75) is 6.42 Å². The van der Waals surface area contributed by atoms with Crippen LogP contribution >= 0.6 is 0 Å². The van der Waals surface area contributed by atoms with Crippen molar-refractivity contribution in [2.75, 3.05) is 16.8 Å². The molecule has 0 saturated carbocycles. The van der Waals surface area contributed by atoms with Crippen LogP contribution in [0.4, 0.5) is 15.8 Å². The molecule has 1 N–H and O–H groups in total. The van der Waals surface area contributed by atoms with Crippen LogP contribution in [0.3, 0.4) is 0 Å². The highest BCUT2D eigenvalue weighted by Crippen LogP contribution is 2.26. The Hall–Kier alpha value is -3.81. The second-order valence-electron chi connectivity index (χ2n) is 6.52. The summed E-state index contributed by atoms with van der Waals surface area (Å²) in [6, 6.07) is 15.1. The van der Waals surface area contributed by atoms with E-state index in [1.165, 1.54) is 24.5 Å². The molecule has 29 heavy (non-hydrogen) atoms. The lowest BCUT2D eigenvalue weighted by Crippen LogP contribution is -2.28. The lowest BCUT2D eigenvalue weighted by atomic mass is 10.1.